The fourth-order valence-corrected chi connectivity index (χ4v) is 11.6. The molecule has 0 radical (unpaired) electrons. The average Bonchev–Trinajstić information content (AvgIpc) is 0.932. The van der Waals surface area contributed by atoms with E-state index in [2.05, 4.69) is 153 Å². The highest BCUT2D eigenvalue weighted by atomic mass is 35.5. The number of nitrogens with zero attached hydrogens (tertiary/aromatic N) is 13. The number of benzene rings is 3. The molecule has 5 aliphatic rings. The minimum Gasteiger partial charge on any atom is -0.489 e. The van der Waals surface area contributed by atoms with Crippen molar-refractivity contribution >= 4 is 34.7 Å². The van der Waals surface area contributed by atoms with Gasteiger partial charge in [0.2, 0.25) is 0 Å². The predicted molar refractivity (Wildman–Crippen MR) is 489 cm³/mol. The van der Waals surface area contributed by atoms with Gasteiger partial charge in [-0.25, -0.2) is 9.97 Å². The molecule has 6 N–H and O–H groups in total. The summed E-state index contributed by atoms with van der Waals surface area (Å²) in [5, 5.41) is 35.0. The molecule has 24 nitrogen and oxygen atoms in total. The highest BCUT2D eigenvalue weighted by Crippen LogP contribution is 2.26. The van der Waals surface area contributed by atoms with E-state index in [0.29, 0.717) is 109 Å². The van der Waals surface area contributed by atoms with Gasteiger partial charge in [0, 0.05) is 186 Å². The zero-order valence-corrected chi connectivity index (χ0v) is 78.6. The number of imidazole rings is 1. The van der Waals surface area contributed by atoms with Gasteiger partial charge in [-0.3, -0.25) is 38.7 Å². The molecule has 117 heavy (non-hydrogen) atoms. The number of hydrogen-bond donors (Lipinski definition) is 5. The van der Waals surface area contributed by atoms with Gasteiger partial charge in [0.25, 0.3) is 11.5 Å². The number of nitrogens with two attached hydrogens (primary N) is 1. The number of likely N-dealkylation sites (N-methyl/N-ethyl adjacent to an activating group) is 2. The molecular formula is C92H169ClN14O10. The maximum absolute atomic E-state index is 13.8. The van der Waals surface area contributed by atoms with Gasteiger partial charge < -0.3 is 69.3 Å². The summed E-state index contributed by atoms with van der Waals surface area (Å²) in [6.45, 7) is 74.6. The lowest BCUT2D eigenvalue weighted by Crippen LogP contribution is -2.50. The van der Waals surface area contributed by atoms with Crippen LogP contribution in [0.4, 0.5) is 0 Å². The van der Waals surface area contributed by atoms with Crippen molar-refractivity contribution in [1.29, 1.82) is 0 Å². The number of fused-ring (bicyclic) bond motifs is 1. The number of carbonyl (C=O) groups excluding carboxylic acids is 2. The van der Waals surface area contributed by atoms with Crippen LogP contribution in [0.5, 0.6) is 11.5 Å². The van der Waals surface area contributed by atoms with Crippen LogP contribution in [0.2, 0.25) is 5.02 Å². The number of hydrogen-bond acceptors (Lipinski definition) is 21. The van der Waals surface area contributed by atoms with Crippen LogP contribution in [0.3, 0.4) is 0 Å². The number of aldehydes is 1. The largest absolute Gasteiger partial charge is 0.489 e. The number of aliphatic hydroxyl groups excluding tert-OH is 4. The lowest BCUT2D eigenvalue weighted by molar-refractivity contribution is -0.135. The number of para-hydroxylation sites is 3. The topological polar surface area (TPSA) is 251 Å². The van der Waals surface area contributed by atoms with Crippen molar-refractivity contribution in [3.63, 3.8) is 0 Å². The van der Waals surface area contributed by atoms with E-state index in [9.17, 15) is 14.4 Å². The van der Waals surface area contributed by atoms with Crippen LogP contribution < -0.4 is 20.8 Å². The molecule has 0 spiro atoms. The minimum atomic E-state index is -0.542. The first kappa shape index (κ1) is 111. The Kier molecular flexibility index (Phi) is 63.0. The predicted octanol–water partition coefficient (Wildman–Crippen LogP) is 12.5. The van der Waals surface area contributed by atoms with Crippen LogP contribution >= 0.6 is 11.6 Å². The maximum atomic E-state index is 13.8. The number of rotatable bonds is 23. The van der Waals surface area contributed by atoms with Gasteiger partial charge in [0.1, 0.15) is 23.6 Å². The highest BCUT2D eigenvalue weighted by Gasteiger charge is 2.26. The molecule has 25 heteroatoms. The second kappa shape index (κ2) is 66.2. The van der Waals surface area contributed by atoms with Gasteiger partial charge >= 0.3 is 0 Å². The molecule has 0 saturated carbocycles. The zero-order chi connectivity index (χ0) is 88.5. The Bertz CT molecular complexity index is 3220. The van der Waals surface area contributed by atoms with Gasteiger partial charge in [-0.1, -0.05) is 160 Å². The summed E-state index contributed by atoms with van der Waals surface area (Å²) in [5.74, 6) is 5.81. The van der Waals surface area contributed by atoms with E-state index in [1.807, 2.05) is 130 Å². The van der Waals surface area contributed by atoms with Crippen molar-refractivity contribution in [3.8, 4) is 17.2 Å². The van der Waals surface area contributed by atoms with Crippen LogP contribution in [0.25, 0.3) is 16.6 Å². The molecule has 5 aromatic rings. The molecule has 5 saturated heterocycles. The van der Waals surface area contributed by atoms with Crippen molar-refractivity contribution in [2.45, 2.75) is 209 Å². The van der Waals surface area contributed by atoms with E-state index >= 15 is 0 Å². The Balaban J connectivity index is 0.00000142. The molecule has 10 rings (SSSR count). The Morgan fingerprint density at radius 2 is 1.03 bits per heavy atom. The number of halogens is 1. The third kappa shape index (κ3) is 55.2. The van der Waals surface area contributed by atoms with Crippen LogP contribution in [-0.2, 0) is 27.4 Å². The summed E-state index contributed by atoms with van der Waals surface area (Å²) in [5.41, 5.74) is 6.30. The van der Waals surface area contributed by atoms with E-state index in [4.69, 9.17) is 57.0 Å². The van der Waals surface area contributed by atoms with Gasteiger partial charge in [-0.2, -0.15) is 0 Å². The first-order valence-corrected chi connectivity index (χ1v) is 44.1. The molecule has 0 aliphatic carbocycles. The van der Waals surface area contributed by atoms with E-state index in [-0.39, 0.29) is 42.6 Å². The molecule has 7 heterocycles. The first-order chi connectivity index (χ1) is 55.3. The smallest absolute Gasteiger partial charge is 0.266 e. The fourth-order valence-electron chi connectivity index (χ4n) is 11.5. The molecule has 1 amide bonds. The second-order valence-corrected chi connectivity index (χ2v) is 35.2. The monoisotopic (exact) mass is 1670 g/mol. The number of β-amino-alcohol motifs (C(OH)–C–C–N with tert-alkyl or cyclic N) is 1. The quantitative estimate of drug-likeness (QED) is 0.0381. The van der Waals surface area contributed by atoms with Crippen molar-refractivity contribution < 1.29 is 44.2 Å². The van der Waals surface area contributed by atoms with E-state index in [0.717, 1.165) is 95.7 Å². The van der Waals surface area contributed by atoms with E-state index in [1.54, 1.807) is 39.8 Å². The molecule has 0 bridgehead atoms. The number of aliphatic hydroxyl groups is 4. The minimum absolute atomic E-state index is 0.0277. The van der Waals surface area contributed by atoms with Crippen molar-refractivity contribution in [2.75, 3.05) is 191 Å². The van der Waals surface area contributed by atoms with Crippen LogP contribution in [0.1, 0.15) is 171 Å². The van der Waals surface area contributed by atoms with Crippen LogP contribution in [0, 0.1) is 41.4 Å². The second-order valence-electron chi connectivity index (χ2n) is 34.8. The average molecular weight is 1670 g/mol. The Morgan fingerprint density at radius 3 is 1.45 bits per heavy atom. The molecule has 1 unspecified atom stereocenters. The Hall–Kier alpha value is -5.52. The van der Waals surface area contributed by atoms with Crippen LogP contribution in [-0.4, -0.2) is 317 Å². The SMILES string of the molecule is CC(C)C(O)CO.CC(C)C=O.CC(C)CN1CCN(C)CC1.CC(C)CN1CCOCC1.CC(C)CO.CC(C)Cn1ccnc1.CC(C)N.CC(C)N1CCN(C)CC1.CC(C)N1CCN(CCO)CC1.CC(C)Oc1ccccc1-n1c(CN2CCN(C(=O)COc3ccc(Cl)cc3)CC2)nc2ccccc2c1=O.CCC(C)C. The highest BCUT2D eigenvalue weighted by molar-refractivity contribution is 6.30. The molecule has 2 aromatic heterocycles. The molecule has 5 aliphatic heterocycles. The van der Waals surface area contributed by atoms with Crippen molar-refractivity contribution in [3.05, 3.63) is 113 Å². The summed E-state index contributed by atoms with van der Waals surface area (Å²) >= 11 is 5.91. The lowest BCUT2D eigenvalue weighted by atomic mass is 10.1. The van der Waals surface area contributed by atoms with Crippen LogP contribution in [0.15, 0.2) is 96.3 Å². The molecule has 3 aromatic carbocycles. The third-order valence-electron chi connectivity index (χ3n) is 18.9. The van der Waals surface area contributed by atoms with Gasteiger partial charge in [-0.15, -0.1) is 0 Å². The Labute approximate surface area is 715 Å². The third-order valence-corrected chi connectivity index (χ3v) is 19.1. The summed E-state index contributed by atoms with van der Waals surface area (Å²) in [6.07, 6.45) is 7.27. The van der Waals surface area contributed by atoms with Gasteiger partial charge in [0.15, 0.2) is 6.61 Å². The number of carbonyl (C=O) groups is 2. The number of ether oxygens (including phenoxy) is 3. The van der Waals surface area contributed by atoms with Crippen molar-refractivity contribution in [2.24, 2.45) is 47.2 Å². The summed E-state index contributed by atoms with van der Waals surface area (Å²) in [4.78, 5) is 66.0. The van der Waals surface area contributed by atoms with Crippen molar-refractivity contribution in [1.82, 2.24) is 63.2 Å². The summed E-state index contributed by atoms with van der Waals surface area (Å²) < 4.78 is 20.7. The summed E-state index contributed by atoms with van der Waals surface area (Å²) in [7, 11) is 4.39. The number of piperazine rings is 4. The maximum Gasteiger partial charge on any atom is 0.266 e. The van der Waals surface area contributed by atoms with Gasteiger partial charge in [-0.05, 0) is 146 Å². The normalized spacial score (nSPS) is 16.2. The van der Waals surface area contributed by atoms with Gasteiger partial charge in [0.05, 0.1) is 68.1 Å². The molecule has 674 valence electrons. The number of amides is 1. The zero-order valence-electron chi connectivity index (χ0n) is 77.9. The molecular weight excluding hydrogens is 1500 g/mol. The number of aromatic nitrogens is 4. The summed E-state index contributed by atoms with van der Waals surface area (Å²) in [6, 6.07) is 23.6. The molecule has 1 atom stereocenters. The molecule has 5 fully saturated rings. The first-order valence-electron chi connectivity index (χ1n) is 43.7. The number of morpholine rings is 1. The standard InChI is InChI=1S/C30H31ClN4O4.C9H20N2O.C9H20N2.C8H18N2.C8H17NO.C7H12N2.C5H12O2.C5H12.C4H10O.C4H8O.C3H9N/c1-21(2)39-27-10-6-5-9-26(27)35-28(32-25-8-4-3-7-24(25)30(35)37)19-33-15-17-34(18-16-33)29(36)20-38-23-13-11-22(31)12-14-23;1-9(2)11-5-3-10(4-6-11)7-8-12;1-9(2)8-11-6-4-10(3)5-7-11;1-8(2)10-6-4-9(3)5-7-10;1-8(2)7-9-3-5-10-6-4-9;1-7(2)5-9-4-3-8-6-9;1-4(2)5(7)3-6;1-4-5(2)3;2*1-4(2)3-5;1-3(2)4/h3-14,21H,15-20H2,1-2H3;9,12H,3-8H2,1-2H3;9H,4-8H2,1-3H3;8H,4-7H2,1-3H3;8H,3-7H2,1-2H3;3-4,6-7H,5H2,1-2H3;4-7H,3H2,1-2H3;5H,4H2,1-3H3;4-5H,3H2,1-2H3;3-4H,1-2H3;3H,4H2,1-2H3. The van der Waals surface area contributed by atoms with E-state index < -0.39 is 6.10 Å². The Morgan fingerprint density at radius 1 is 0.581 bits per heavy atom. The van der Waals surface area contributed by atoms with E-state index in [1.165, 1.54) is 71.9 Å². The lowest BCUT2D eigenvalue weighted by Gasteiger charge is -2.36. The fraction of sp³-hybridized carbons (Fsp3) is 0.728.